The molecule has 7 heteroatoms. The molecule has 144 valence electrons. The standard InChI is InChI=1S/C21H20N2O4S/c24-18(13-27-14-6-2-1-3-7-14)23-21-19(16-9-4-10-17(16)28-21)20(25)22-12-15-8-5-11-26-15/h1-3,5-8,11H,4,9-10,12-13H2,(H,22,25)(H,23,24). The van der Waals surface area contributed by atoms with Crippen LogP contribution in [0.25, 0.3) is 0 Å². The third-order valence-electron chi connectivity index (χ3n) is 4.52. The fourth-order valence-corrected chi connectivity index (χ4v) is 4.53. The molecule has 2 heterocycles. The first kappa shape index (κ1) is 18.3. The van der Waals surface area contributed by atoms with E-state index in [1.54, 1.807) is 24.5 Å². The normalized spacial score (nSPS) is 12.4. The van der Waals surface area contributed by atoms with Crippen LogP contribution in [-0.4, -0.2) is 18.4 Å². The van der Waals surface area contributed by atoms with Gasteiger partial charge in [0.1, 0.15) is 16.5 Å². The second kappa shape index (κ2) is 8.31. The second-order valence-electron chi connectivity index (χ2n) is 6.47. The number of carbonyl (C=O) groups is 2. The van der Waals surface area contributed by atoms with E-state index in [1.165, 1.54) is 16.2 Å². The summed E-state index contributed by atoms with van der Waals surface area (Å²) < 4.78 is 10.8. The molecular formula is C21H20N2O4S. The summed E-state index contributed by atoms with van der Waals surface area (Å²) in [6.07, 6.45) is 4.40. The zero-order valence-corrected chi connectivity index (χ0v) is 16.0. The summed E-state index contributed by atoms with van der Waals surface area (Å²) in [6, 6.07) is 12.7. The van der Waals surface area contributed by atoms with Crippen molar-refractivity contribution in [2.75, 3.05) is 11.9 Å². The summed E-state index contributed by atoms with van der Waals surface area (Å²) in [6.45, 7) is 0.195. The van der Waals surface area contributed by atoms with Crippen molar-refractivity contribution in [1.82, 2.24) is 5.32 Å². The molecule has 2 N–H and O–H groups in total. The number of fused-ring (bicyclic) bond motifs is 1. The van der Waals surface area contributed by atoms with Gasteiger partial charge in [-0.15, -0.1) is 11.3 Å². The number of ether oxygens (including phenoxy) is 1. The molecular weight excluding hydrogens is 376 g/mol. The molecule has 1 aromatic carbocycles. The van der Waals surface area contributed by atoms with Gasteiger partial charge in [-0.1, -0.05) is 18.2 Å². The molecule has 28 heavy (non-hydrogen) atoms. The molecule has 0 aliphatic heterocycles. The first-order chi connectivity index (χ1) is 13.7. The van der Waals surface area contributed by atoms with Gasteiger partial charge < -0.3 is 19.8 Å². The fraction of sp³-hybridized carbons (Fsp3) is 0.238. The van der Waals surface area contributed by atoms with Gasteiger partial charge in [0.25, 0.3) is 11.8 Å². The van der Waals surface area contributed by atoms with Gasteiger partial charge in [0, 0.05) is 4.88 Å². The number of carbonyl (C=O) groups excluding carboxylic acids is 2. The smallest absolute Gasteiger partial charge is 0.262 e. The van der Waals surface area contributed by atoms with Crippen LogP contribution in [0.1, 0.15) is 33.0 Å². The number of furan rings is 1. The summed E-state index contributed by atoms with van der Waals surface area (Å²) in [4.78, 5) is 26.3. The fourth-order valence-electron chi connectivity index (χ4n) is 3.23. The van der Waals surface area contributed by atoms with Crippen molar-refractivity contribution < 1.29 is 18.7 Å². The molecule has 0 saturated carbocycles. The molecule has 0 saturated heterocycles. The van der Waals surface area contributed by atoms with Crippen molar-refractivity contribution in [3.05, 3.63) is 70.5 Å². The summed E-state index contributed by atoms with van der Waals surface area (Å²) >= 11 is 1.48. The van der Waals surface area contributed by atoms with Crippen molar-refractivity contribution in [3.8, 4) is 5.75 Å². The SMILES string of the molecule is O=C(COc1ccccc1)Nc1sc2c(c1C(=O)NCc1ccco1)CCC2. The third kappa shape index (κ3) is 4.09. The molecule has 6 nitrogen and oxygen atoms in total. The largest absolute Gasteiger partial charge is 0.484 e. The zero-order chi connectivity index (χ0) is 19.3. The minimum Gasteiger partial charge on any atom is -0.484 e. The maximum atomic E-state index is 12.8. The summed E-state index contributed by atoms with van der Waals surface area (Å²) in [5, 5.41) is 6.32. The van der Waals surface area contributed by atoms with Crippen LogP contribution in [0, 0.1) is 0 Å². The summed E-state index contributed by atoms with van der Waals surface area (Å²) in [7, 11) is 0. The molecule has 1 aliphatic rings. The lowest BCUT2D eigenvalue weighted by Crippen LogP contribution is -2.26. The van der Waals surface area contributed by atoms with E-state index in [0.717, 1.165) is 24.8 Å². The van der Waals surface area contributed by atoms with E-state index < -0.39 is 0 Å². The number of rotatable bonds is 7. The Morgan fingerprint density at radius 3 is 2.75 bits per heavy atom. The minimum absolute atomic E-state index is 0.111. The van der Waals surface area contributed by atoms with Crippen molar-refractivity contribution >= 4 is 28.2 Å². The van der Waals surface area contributed by atoms with Gasteiger partial charge in [-0.05, 0) is 49.1 Å². The Bertz CT molecular complexity index is 964. The first-order valence-electron chi connectivity index (χ1n) is 9.13. The molecule has 4 rings (SSSR count). The van der Waals surface area contributed by atoms with Crippen LogP contribution in [-0.2, 0) is 24.2 Å². The van der Waals surface area contributed by atoms with Gasteiger partial charge >= 0.3 is 0 Å². The Hall–Kier alpha value is -3.06. The van der Waals surface area contributed by atoms with Crippen molar-refractivity contribution in [1.29, 1.82) is 0 Å². The maximum Gasteiger partial charge on any atom is 0.262 e. The molecule has 0 spiro atoms. The van der Waals surface area contributed by atoms with E-state index in [-0.39, 0.29) is 18.4 Å². The van der Waals surface area contributed by atoms with E-state index in [9.17, 15) is 9.59 Å². The molecule has 1 aliphatic carbocycles. The highest BCUT2D eigenvalue weighted by Crippen LogP contribution is 2.39. The zero-order valence-electron chi connectivity index (χ0n) is 15.2. The number of hydrogen-bond donors (Lipinski definition) is 2. The lowest BCUT2D eigenvalue weighted by molar-refractivity contribution is -0.118. The first-order valence-corrected chi connectivity index (χ1v) is 9.95. The highest BCUT2D eigenvalue weighted by Gasteiger charge is 2.27. The number of amides is 2. The lowest BCUT2D eigenvalue weighted by atomic mass is 10.1. The number of hydrogen-bond acceptors (Lipinski definition) is 5. The van der Waals surface area contributed by atoms with E-state index in [4.69, 9.17) is 9.15 Å². The molecule has 0 unspecified atom stereocenters. The van der Waals surface area contributed by atoms with Crippen molar-refractivity contribution in [3.63, 3.8) is 0 Å². The van der Waals surface area contributed by atoms with Crippen molar-refractivity contribution in [2.24, 2.45) is 0 Å². The molecule has 2 amide bonds. The molecule has 0 atom stereocenters. The second-order valence-corrected chi connectivity index (χ2v) is 7.58. The number of benzene rings is 1. The van der Waals surface area contributed by atoms with Crippen LogP contribution in [0.15, 0.2) is 53.1 Å². The van der Waals surface area contributed by atoms with Crippen LogP contribution in [0.2, 0.25) is 0 Å². The quantitative estimate of drug-likeness (QED) is 0.637. The Balaban J connectivity index is 1.44. The predicted molar refractivity (Wildman–Crippen MR) is 107 cm³/mol. The molecule has 2 aromatic heterocycles. The van der Waals surface area contributed by atoms with Gasteiger partial charge in [0.15, 0.2) is 6.61 Å². The average Bonchev–Trinajstić information content (AvgIpc) is 3.43. The predicted octanol–water partition coefficient (Wildman–Crippen LogP) is 3.78. The van der Waals surface area contributed by atoms with Crippen LogP contribution < -0.4 is 15.4 Å². The van der Waals surface area contributed by atoms with Gasteiger partial charge in [-0.2, -0.15) is 0 Å². The Morgan fingerprint density at radius 2 is 1.96 bits per heavy atom. The summed E-state index contributed by atoms with van der Waals surface area (Å²) in [5.74, 6) is 0.823. The average molecular weight is 396 g/mol. The summed E-state index contributed by atoms with van der Waals surface area (Å²) in [5.41, 5.74) is 1.61. The third-order valence-corrected chi connectivity index (χ3v) is 5.72. The monoisotopic (exact) mass is 396 g/mol. The van der Waals surface area contributed by atoms with Gasteiger partial charge in [-0.25, -0.2) is 0 Å². The lowest BCUT2D eigenvalue weighted by Gasteiger charge is -2.10. The minimum atomic E-state index is -0.288. The Kier molecular flexibility index (Phi) is 5.43. The number of thiophene rings is 1. The molecule has 0 bridgehead atoms. The van der Waals surface area contributed by atoms with E-state index in [1.807, 2.05) is 24.3 Å². The highest BCUT2D eigenvalue weighted by molar-refractivity contribution is 7.17. The van der Waals surface area contributed by atoms with Crippen LogP contribution in [0.4, 0.5) is 5.00 Å². The Labute approximate surface area is 166 Å². The number of nitrogens with one attached hydrogen (secondary N) is 2. The van der Waals surface area contributed by atoms with E-state index >= 15 is 0 Å². The Morgan fingerprint density at radius 1 is 1.11 bits per heavy atom. The highest BCUT2D eigenvalue weighted by atomic mass is 32.1. The van der Waals surface area contributed by atoms with Gasteiger partial charge in [0.05, 0.1) is 18.4 Å². The number of aryl methyl sites for hydroxylation is 1. The van der Waals surface area contributed by atoms with E-state index in [0.29, 0.717) is 28.6 Å². The van der Waals surface area contributed by atoms with Crippen molar-refractivity contribution in [2.45, 2.75) is 25.8 Å². The van der Waals surface area contributed by atoms with Crippen LogP contribution >= 0.6 is 11.3 Å². The van der Waals surface area contributed by atoms with E-state index in [2.05, 4.69) is 10.6 Å². The number of para-hydroxylation sites is 1. The van der Waals surface area contributed by atoms with Gasteiger partial charge in [-0.3, -0.25) is 9.59 Å². The van der Waals surface area contributed by atoms with Gasteiger partial charge in [0.2, 0.25) is 0 Å². The molecule has 0 radical (unpaired) electrons. The topological polar surface area (TPSA) is 80.6 Å². The van der Waals surface area contributed by atoms with Crippen LogP contribution in [0.5, 0.6) is 5.75 Å². The molecule has 0 fully saturated rings. The van der Waals surface area contributed by atoms with Crippen LogP contribution in [0.3, 0.4) is 0 Å². The molecule has 3 aromatic rings. The number of anilines is 1. The maximum absolute atomic E-state index is 12.8.